The van der Waals surface area contributed by atoms with Crippen LogP contribution in [0.4, 0.5) is 0 Å². The van der Waals surface area contributed by atoms with Crippen molar-refractivity contribution in [3.8, 4) is 24.0 Å². The molecule has 0 bridgehead atoms. The van der Waals surface area contributed by atoms with E-state index in [0.717, 1.165) is 49.0 Å². The topological polar surface area (TPSA) is 104 Å². The van der Waals surface area contributed by atoms with Gasteiger partial charge in [-0.3, -0.25) is 0 Å². The highest BCUT2D eigenvalue weighted by Crippen LogP contribution is 2.55. The van der Waals surface area contributed by atoms with Crippen molar-refractivity contribution in [2.75, 3.05) is 6.61 Å². The summed E-state index contributed by atoms with van der Waals surface area (Å²) < 4.78 is 5.73. The van der Waals surface area contributed by atoms with Crippen molar-refractivity contribution in [2.45, 2.75) is 44.9 Å². The number of hydrogen-bond acceptors (Lipinski definition) is 5. The SMILES string of the molecule is CCCCOc1ccc([C@H]2[C@@H]3CCCC=C3[C@H](C#N)C(=N)C2(C#N)C#N)cc1. The van der Waals surface area contributed by atoms with Gasteiger partial charge in [-0.1, -0.05) is 31.6 Å². The van der Waals surface area contributed by atoms with Crippen LogP contribution in [-0.4, -0.2) is 12.3 Å². The molecular formula is C23H24N4O. The Balaban J connectivity index is 2.04. The summed E-state index contributed by atoms with van der Waals surface area (Å²) in [5, 5.41) is 38.2. The predicted molar refractivity (Wildman–Crippen MR) is 105 cm³/mol. The van der Waals surface area contributed by atoms with Gasteiger partial charge in [0.25, 0.3) is 0 Å². The van der Waals surface area contributed by atoms with Crippen LogP contribution in [0.1, 0.15) is 50.5 Å². The average molecular weight is 372 g/mol. The van der Waals surface area contributed by atoms with Gasteiger partial charge < -0.3 is 10.1 Å². The Morgan fingerprint density at radius 1 is 1.18 bits per heavy atom. The molecule has 0 saturated heterocycles. The van der Waals surface area contributed by atoms with Gasteiger partial charge in [0.1, 0.15) is 11.7 Å². The van der Waals surface area contributed by atoms with Gasteiger partial charge in [0.15, 0.2) is 5.41 Å². The summed E-state index contributed by atoms with van der Waals surface area (Å²) in [5.74, 6) is -0.538. The Kier molecular flexibility index (Phi) is 5.81. The Bertz CT molecular complexity index is 881. The van der Waals surface area contributed by atoms with E-state index in [0.29, 0.717) is 6.61 Å². The Hall–Kier alpha value is -3.10. The van der Waals surface area contributed by atoms with Gasteiger partial charge in [-0.05, 0) is 54.9 Å². The van der Waals surface area contributed by atoms with Gasteiger partial charge in [-0.25, -0.2) is 0 Å². The average Bonchev–Trinajstić information content (AvgIpc) is 2.74. The minimum Gasteiger partial charge on any atom is -0.494 e. The molecule has 0 radical (unpaired) electrons. The summed E-state index contributed by atoms with van der Waals surface area (Å²) in [5.41, 5.74) is 0.0559. The molecule has 1 fully saturated rings. The van der Waals surface area contributed by atoms with Crippen LogP contribution in [0, 0.1) is 56.7 Å². The van der Waals surface area contributed by atoms with Crippen molar-refractivity contribution in [1.82, 2.24) is 0 Å². The number of nitrogens with zero attached hydrogens (tertiary/aromatic N) is 3. The van der Waals surface area contributed by atoms with Gasteiger partial charge in [-0.15, -0.1) is 0 Å². The molecule has 1 N–H and O–H groups in total. The molecule has 0 aromatic heterocycles. The standard InChI is InChI=1S/C23H24N4O/c1-2-3-12-28-17-10-8-16(9-11-17)21-19-7-5-4-6-18(19)20(13-24)22(27)23(21,14-25)15-26/h6,8-11,19-21,27H,2-5,7,12H2,1H3/t19-,20+,21+/m1/s1. The third-order valence-electron chi connectivity index (χ3n) is 5.93. The summed E-state index contributed by atoms with van der Waals surface area (Å²) in [7, 11) is 0. The van der Waals surface area contributed by atoms with Crippen molar-refractivity contribution < 1.29 is 4.74 Å². The van der Waals surface area contributed by atoms with Crippen molar-refractivity contribution in [3.63, 3.8) is 0 Å². The lowest BCUT2D eigenvalue weighted by atomic mass is 9.53. The second-order valence-electron chi connectivity index (χ2n) is 7.50. The number of nitrogens with one attached hydrogen (secondary N) is 1. The summed E-state index contributed by atoms with van der Waals surface area (Å²) >= 11 is 0. The third kappa shape index (κ3) is 3.17. The highest BCUT2D eigenvalue weighted by Gasteiger charge is 2.57. The highest BCUT2D eigenvalue weighted by molar-refractivity contribution is 6.00. The summed E-state index contributed by atoms with van der Waals surface area (Å²) in [4.78, 5) is 0. The van der Waals surface area contributed by atoms with E-state index in [2.05, 4.69) is 25.1 Å². The van der Waals surface area contributed by atoms with Crippen molar-refractivity contribution in [3.05, 3.63) is 41.5 Å². The lowest BCUT2D eigenvalue weighted by Gasteiger charge is -2.45. The molecule has 0 spiro atoms. The number of hydrogen-bond donors (Lipinski definition) is 1. The van der Waals surface area contributed by atoms with Crippen LogP contribution in [0.2, 0.25) is 0 Å². The Morgan fingerprint density at radius 2 is 1.89 bits per heavy atom. The minimum atomic E-state index is -1.62. The maximum Gasteiger partial charge on any atom is 0.189 e. The van der Waals surface area contributed by atoms with Crippen LogP contribution in [0.3, 0.4) is 0 Å². The normalized spacial score (nSPS) is 25.4. The molecule has 5 nitrogen and oxygen atoms in total. The van der Waals surface area contributed by atoms with E-state index in [1.54, 1.807) is 0 Å². The molecule has 2 aliphatic carbocycles. The van der Waals surface area contributed by atoms with Crippen LogP contribution in [-0.2, 0) is 0 Å². The van der Waals surface area contributed by atoms with Crippen molar-refractivity contribution >= 4 is 5.71 Å². The van der Waals surface area contributed by atoms with Gasteiger partial charge in [0.05, 0.1) is 30.5 Å². The van der Waals surface area contributed by atoms with E-state index in [4.69, 9.17) is 10.1 Å². The quantitative estimate of drug-likeness (QED) is 0.587. The fourth-order valence-corrected chi connectivity index (χ4v) is 4.49. The second kappa shape index (κ2) is 8.28. The molecule has 28 heavy (non-hydrogen) atoms. The van der Waals surface area contributed by atoms with E-state index in [1.807, 2.05) is 30.3 Å². The highest BCUT2D eigenvalue weighted by atomic mass is 16.5. The number of ether oxygens (including phenoxy) is 1. The third-order valence-corrected chi connectivity index (χ3v) is 5.93. The molecule has 0 unspecified atom stereocenters. The molecule has 0 amide bonds. The molecule has 5 heteroatoms. The summed E-state index contributed by atoms with van der Waals surface area (Å²) in [6.45, 7) is 2.77. The largest absolute Gasteiger partial charge is 0.494 e. The van der Waals surface area contributed by atoms with Gasteiger partial charge in [0.2, 0.25) is 0 Å². The number of benzene rings is 1. The van der Waals surface area contributed by atoms with E-state index in [-0.39, 0.29) is 11.6 Å². The summed E-state index contributed by atoms with van der Waals surface area (Å²) in [6.07, 6.45) is 6.75. The minimum absolute atomic E-state index is 0.0707. The maximum atomic E-state index is 9.98. The molecule has 2 aliphatic rings. The molecule has 3 atom stereocenters. The fraction of sp³-hybridized carbons (Fsp3) is 0.478. The van der Waals surface area contributed by atoms with E-state index in [9.17, 15) is 15.8 Å². The van der Waals surface area contributed by atoms with Gasteiger partial charge >= 0.3 is 0 Å². The van der Waals surface area contributed by atoms with Crippen LogP contribution in [0.5, 0.6) is 5.75 Å². The van der Waals surface area contributed by atoms with E-state index >= 15 is 0 Å². The molecule has 142 valence electrons. The number of rotatable bonds is 5. The smallest absolute Gasteiger partial charge is 0.189 e. The van der Waals surface area contributed by atoms with E-state index in [1.165, 1.54) is 0 Å². The zero-order valence-electron chi connectivity index (χ0n) is 16.1. The van der Waals surface area contributed by atoms with E-state index < -0.39 is 17.3 Å². The lowest BCUT2D eigenvalue weighted by molar-refractivity contribution is 0.307. The van der Waals surface area contributed by atoms with Crippen molar-refractivity contribution in [2.24, 2.45) is 17.3 Å². The Morgan fingerprint density at radius 3 is 2.50 bits per heavy atom. The van der Waals surface area contributed by atoms with Crippen LogP contribution in [0.25, 0.3) is 0 Å². The van der Waals surface area contributed by atoms with Gasteiger partial charge in [-0.2, -0.15) is 15.8 Å². The first-order chi connectivity index (χ1) is 13.6. The maximum absolute atomic E-state index is 9.98. The first-order valence-corrected chi connectivity index (χ1v) is 9.86. The molecule has 1 saturated carbocycles. The number of fused-ring (bicyclic) bond motifs is 1. The zero-order valence-corrected chi connectivity index (χ0v) is 16.1. The van der Waals surface area contributed by atoms with Crippen LogP contribution >= 0.6 is 0 Å². The molecule has 3 rings (SSSR count). The monoisotopic (exact) mass is 372 g/mol. The predicted octanol–water partition coefficient (Wildman–Crippen LogP) is 4.88. The summed E-state index contributed by atoms with van der Waals surface area (Å²) in [6, 6.07) is 14.0. The first kappa shape index (κ1) is 19.7. The number of unbranched alkanes of at least 4 members (excludes halogenated alkanes) is 1. The Labute approximate surface area is 166 Å². The first-order valence-electron chi connectivity index (χ1n) is 9.86. The van der Waals surface area contributed by atoms with Gasteiger partial charge in [0, 0.05) is 5.92 Å². The molecule has 1 aromatic carbocycles. The van der Waals surface area contributed by atoms with Crippen LogP contribution < -0.4 is 4.74 Å². The molecule has 1 aromatic rings. The zero-order chi connectivity index (χ0) is 20.1. The van der Waals surface area contributed by atoms with Crippen LogP contribution in [0.15, 0.2) is 35.9 Å². The fourth-order valence-electron chi connectivity index (χ4n) is 4.49. The molecule has 0 heterocycles. The second-order valence-corrected chi connectivity index (χ2v) is 7.50. The number of allylic oxidation sites excluding steroid dienone is 2. The number of nitriles is 3. The molecular weight excluding hydrogens is 348 g/mol. The van der Waals surface area contributed by atoms with Crippen molar-refractivity contribution in [1.29, 1.82) is 21.2 Å². The molecule has 0 aliphatic heterocycles. The lowest BCUT2D eigenvalue weighted by Crippen LogP contribution is -2.48.